The number of nitrogens with one attached hydrogen (secondary N) is 1. The number of rotatable bonds is 2. The van der Waals surface area contributed by atoms with Crippen molar-refractivity contribution < 1.29 is 17.9 Å². The van der Waals surface area contributed by atoms with Crippen molar-refractivity contribution in [2.75, 3.05) is 0 Å². The van der Waals surface area contributed by atoms with Gasteiger partial charge in [-0.1, -0.05) is 18.2 Å². The molecule has 1 N–H and O–H groups in total. The molecule has 0 unspecified atom stereocenters. The smallest absolute Gasteiger partial charge is 0.406 e. The van der Waals surface area contributed by atoms with Gasteiger partial charge in [0.05, 0.1) is 0 Å². The first-order valence-corrected chi connectivity index (χ1v) is 6.37. The molecule has 0 fully saturated rings. The Bertz CT molecular complexity index is 772. The number of ether oxygens (including phenoxy) is 1. The van der Waals surface area contributed by atoms with Crippen molar-refractivity contribution >= 4 is 10.9 Å². The Labute approximate surface area is 119 Å². The van der Waals surface area contributed by atoms with Gasteiger partial charge in [0.15, 0.2) is 0 Å². The summed E-state index contributed by atoms with van der Waals surface area (Å²) in [6.07, 6.45) is -4.67. The molecule has 2 nitrogen and oxygen atoms in total. The van der Waals surface area contributed by atoms with E-state index in [1.807, 2.05) is 31.2 Å². The molecule has 0 spiro atoms. The highest BCUT2D eigenvalue weighted by molar-refractivity contribution is 5.90. The van der Waals surface area contributed by atoms with Gasteiger partial charge in [0.2, 0.25) is 0 Å². The fraction of sp³-hybridized carbons (Fsp3) is 0.125. The summed E-state index contributed by atoms with van der Waals surface area (Å²) in [4.78, 5) is 3.28. The van der Waals surface area contributed by atoms with Gasteiger partial charge in [0, 0.05) is 16.6 Å². The second-order valence-electron chi connectivity index (χ2n) is 4.74. The molecule has 3 aromatic rings. The molecule has 1 heterocycles. The van der Waals surface area contributed by atoms with E-state index in [9.17, 15) is 13.2 Å². The molecule has 0 bridgehead atoms. The van der Waals surface area contributed by atoms with E-state index in [1.54, 1.807) is 12.1 Å². The predicted molar refractivity (Wildman–Crippen MR) is 75.2 cm³/mol. The minimum atomic E-state index is -4.67. The maximum atomic E-state index is 12.1. The van der Waals surface area contributed by atoms with Crippen LogP contribution in [0.3, 0.4) is 0 Å². The van der Waals surface area contributed by atoms with E-state index >= 15 is 0 Å². The van der Waals surface area contributed by atoms with Gasteiger partial charge >= 0.3 is 6.36 Å². The highest BCUT2D eigenvalue weighted by Crippen LogP contribution is 2.31. The largest absolute Gasteiger partial charge is 0.573 e. The zero-order valence-electron chi connectivity index (χ0n) is 11.2. The number of H-pyrrole nitrogens is 1. The van der Waals surface area contributed by atoms with Gasteiger partial charge in [0.25, 0.3) is 0 Å². The van der Waals surface area contributed by atoms with Crippen LogP contribution in [-0.4, -0.2) is 11.3 Å². The molecule has 0 radical (unpaired) electrons. The summed E-state index contributed by atoms with van der Waals surface area (Å²) in [7, 11) is 0. The van der Waals surface area contributed by atoms with E-state index in [0.29, 0.717) is 0 Å². The van der Waals surface area contributed by atoms with Gasteiger partial charge in [-0.3, -0.25) is 0 Å². The highest BCUT2D eigenvalue weighted by atomic mass is 19.4. The average molecular weight is 291 g/mol. The number of aryl methyl sites for hydroxylation is 1. The second-order valence-corrected chi connectivity index (χ2v) is 4.74. The van der Waals surface area contributed by atoms with Crippen LogP contribution in [0.15, 0.2) is 48.5 Å². The Morgan fingerprint density at radius 2 is 1.62 bits per heavy atom. The standard InChI is InChI=1S/C16H12F3NO/c1-10-13-4-2-3-5-14(13)20-15(10)11-6-8-12(9-7-11)21-16(17,18)19/h2-9,20H,1H3. The van der Waals surface area contributed by atoms with Crippen LogP contribution in [0.2, 0.25) is 0 Å². The summed E-state index contributed by atoms with van der Waals surface area (Å²) in [5.41, 5.74) is 3.78. The van der Waals surface area contributed by atoms with E-state index in [1.165, 1.54) is 12.1 Å². The molecule has 2 aromatic carbocycles. The zero-order chi connectivity index (χ0) is 15.0. The van der Waals surface area contributed by atoms with Crippen LogP contribution in [0.1, 0.15) is 5.56 Å². The first-order chi connectivity index (χ1) is 9.94. The van der Waals surface area contributed by atoms with E-state index in [2.05, 4.69) is 9.72 Å². The van der Waals surface area contributed by atoms with Crippen molar-refractivity contribution in [1.82, 2.24) is 4.98 Å². The summed E-state index contributed by atoms with van der Waals surface area (Å²) < 4.78 is 40.3. The molecule has 5 heteroatoms. The van der Waals surface area contributed by atoms with E-state index < -0.39 is 6.36 Å². The van der Waals surface area contributed by atoms with Crippen LogP contribution < -0.4 is 4.74 Å². The number of fused-ring (bicyclic) bond motifs is 1. The van der Waals surface area contributed by atoms with Gasteiger partial charge in [0.1, 0.15) is 5.75 Å². The molecule has 0 amide bonds. The van der Waals surface area contributed by atoms with Gasteiger partial charge in [-0.2, -0.15) is 0 Å². The molecule has 3 rings (SSSR count). The molecule has 0 saturated heterocycles. The Hall–Kier alpha value is -2.43. The van der Waals surface area contributed by atoms with Gasteiger partial charge in [-0.05, 0) is 48.4 Å². The number of hydrogen-bond acceptors (Lipinski definition) is 1. The first kappa shape index (κ1) is 13.5. The van der Waals surface area contributed by atoms with Crippen LogP contribution in [0.25, 0.3) is 22.2 Å². The Balaban J connectivity index is 1.97. The van der Waals surface area contributed by atoms with Crippen molar-refractivity contribution in [3.05, 3.63) is 54.1 Å². The van der Waals surface area contributed by atoms with E-state index in [4.69, 9.17) is 0 Å². The molecular formula is C16H12F3NO. The van der Waals surface area contributed by atoms with E-state index in [0.717, 1.165) is 27.7 Å². The fourth-order valence-corrected chi connectivity index (χ4v) is 2.39. The molecule has 21 heavy (non-hydrogen) atoms. The number of aromatic nitrogens is 1. The summed E-state index contributed by atoms with van der Waals surface area (Å²) in [5, 5.41) is 1.10. The zero-order valence-corrected chi connectivity index (χ0v) is 11.2. The molecule has 0 aliphatic heterocycles. The minimum absolute atomic E-state index is 0.222. The Morgan fingerprint density at radius 3 is 2.24 bits per heavy atom. The molecule has 0 aliphatic rings. The van der Waals surface area contributed by atoms with Crippen LogP contribution in [0.4, 0.5) is 13.2 Å². The molecule has 108 valence electrons. The lowest BCUT2D eigenvalue weighted by molar-refractivity contribution is -0.274. The van der Waals surface area contributed by atoms with Crippen molar-refractivity contribution in [1.29, 1.82) is 0 Å². The van der Waals surface area contributed by atoms with Crippen molar-refractivity contribution in [3.8, 4) is 17.0 Å². The fourth-order valence-electron chi connectivity index (χ4n) is 2.39. The second kappa shape index (κ2) is 4.84. The van der Waals surface area contributed by atoms with Crippen LogP contribution in [-0.2, 0) is 0 Å². The number of halogens is 3. The van der Waals surface area contributed by atoms with Crippen molar-refractivity contribution in [2.45, 2.75) is 13.3 Å². The number of benzene rings is 2. The number of alkyl halides is 3. The lowest BCUT2D eigenvalue weighted by atomic mass is 10.1. The minimum Gasteiger partial charge on any atom is -0.406 e. The summed E-state index contributed by atoms with van der Waals surface area (Å²) in [5.74, 6) is -0.222. The number of para-hydroxylation sites is 1. The monoisotopic (exact) mass is 291 g/mol. The third kappa shape index (κ3) is 2.72. The molecule has 0 saturated carbocycles. The van der Waals surface area contributed by atoms with E-state index in [-0.39, 0.29) is 5.75 Å². The normalized spacial score (nSPS) is 11.8. The van der Waals surface area contributed by atoms with Gasteiger partial charge in [-0.25, -0.2) is 0 Å². The highest BCUT2D eigenvalue weighted by Gasteiger charge is 2.31. The maximum Gasteiger partial charge on any atom is 0.573 e. The first-order valence-electron chi connectivity index (χ1n) is 6.37. The van der Waals surface area contributed by atoms with Gasteiger partial charge < -0.3 is 9.72 Å². The van der Waals surface area contributed by atoms with Crippen LogP contribution in [0, 0.1) is 6.92 Å². The lowest BCUT2D eigenvalue weighted by Crippen LogP contribution is -2.16. The van der Waals surface area contributed by atoms with Crippen LogP contribution in [0.5, 0.6) is 5.75 Å². The summed E-state index contributed by atoms with van der Waals surface area (Å²) in [6.45, 7) is 1.98. The van der Waals surface area contributed by atoms with Crippen molar-refractivity contribution in [3.63, 3.8) is 0 Å². The Morgan fingerprint density at radius 1 is 0.952 bits per heavy atom. The predicted octanol–water partition coefficient (Wildman–Crippen LogP) is 5.04. The summed E-state index contributed by atoms with van der Waals surface area (Å²) in [6, 6.07) is 13.7. The third-order valence-electron chi connectivity index (χ3n) is 3.34. The average Bonchev–Trinajstić information content (AvgIpc) is 2.76. The lowest BCUT2D eigenvalue weighted by Gasteiger charge is -2.09. The van der Waals surface area contributed by atoms with Crippen LogP contribution >= 0.6 is 0 Å². The molecule has 0 atom stereocenters. The Kier molecular flexibility index (Phi) is 3.12. The molecule has 0 aliphatic carbocycles. The van der Waals surface area contributed by atoms with Crippen molar-refractivity contribution in [2.24, 2.45) is 0 Å². The molecule has 1 aromatic heterocycles. The van der Waals surface area contributed by atoms with Gasteiger partial charge in [-0.15, -0.1) is 13.2 Å². The quantitative estimate of drug-likeness (QED) is 0.702. The molecular weight excluding hydrogens is 279 g/mol. The number of aromatic amines is 1. The maximum absolute atomic E-state index is 12.1. The number of hydrogen-bond donors (Lipinski definition) is 1. The summed E-state index contributed by atoms with van der Waals surface area (Å²) >= 11 is 0. The SMILES string of the molecule is Cc1c(-c2ccc(OC(F)(F)F)cc2)[nH]c2ccccc12. The topological polar surface area (TPSA) is 25.0 Å². The third-order valence-corrected chi connectivity index (χ3v) is 3.34.